The third-order valence-corrected chi connectivity index (χ3v) is 14.8. The fourth-order valence-electron chi connectivity index (χ4n) is 12.0. The molecular weight excluding hydrogens is 613 g/mol. The maximum absolute atomic E-state index is 7.61. The fourth-order valence-corrected chi connectivity index (χ4v) is 12.0. The molecule has 3 heteroatoms. The zero-order valence-corrected chi connectivity index (χ0v) is 29.8. The van der Waals surface area contributed by atoms with Gasteiger partial charge in [-0.2, -0.15) is 0 Å². The second kappa shape index (κ2) is 10.5. The molecule has 3 fully saturated rings. The molecule has 4 aliphatic carbocycles. The van der Waals surface area contributed by atoms with E-state index in [0.717, 1.165) is 46.1 Å². The normalized spacial score (nSPS) is 28.9. The molecule has 0 radical (unpaired) electrons. The molecule has 6 atom stereocenters. The van der Waals surface area contributed by atoms with Gasteiger partial charge in [0.2, 0.25) is 0 Å². The summed E-state index contributed by atoms with van der Waals surface area (Å²) >= 11 is 0. The molecule has 0 aromatic heterocycles. The zero-order chi connectivity index (χ0) is 34.0. The van der Waals surface area contributed by atoms with Crippen LogP contribution in [0.15, 0.2) is 103 Å². The number of hydrogen-bond donors (Lipinski definition) is 0. The van der Waals surface area contributed by atoms with Gasteiger partial charge < -0.3 is 14.2 Å². The number of rotatable bonds is 4. The average Bonchev–Trinajstić information content (AvgIpc) is 3.50. The summed E-state index contributed by atoms with van der Waals surface area (Å²) in [7, 11) is 3.43. The van der Waals surface area contributed by atoms with Crippen molar-refractivity contribution in [2.24, 2.45) is 28.6 Å². The zero-order valence-electron chi connectivity index (χ0n) is 29.8. The molecule has 1 heterocycles. The van der Waals surface area contributed by atoms with E-state index in [4.69, 9.17) is 14.2 Å². The van der Waals surface area contributed by atoms with E-state index in [2.05, 4.69) is 106 Å². The molecule has 3 nitrogen and oxygen atoms in total. The van der Waals surface area contributed by atoms with Crippen molar-refractivity contribution in [1.29, 1.82) is 0 Å². The van der Waals surface area contributed by atoms with Crippen molar-refractivity contribution in [3.8, 4) is 28.4 Å². The van der Waals surface area contributed by atoms with Gasteiger partial charge in [-0.1, -0.05) is 99.6 Å². The van der Waals surface area contributed by atoms with Crippen LogP contribution in [0.2, 0.25) is 0 Å². The summed E-state index contributed by atoms with van der Waals surface area (Å²) in [5.41, 5.74) is 9.28. The second-order valence-electron chi connectivity index (χ2n) is 16.5. The number of hydrogen-bond acceptors (Lipinski definition) is 3. The molecule has 0 N–H and O–H groups in total. The highest BCUT2D eigenvalue weighted by molar-refractivity contribution is 6.06. The van der Waals surface area contributed by atoms with Gasteiger partial charge in [-0.25, -0.2) is 0 Å². The van der Waals surface area contributed by atoms with E-state index in [-0.39, 0.29) is 0 Å². The van der Waals surface area contributed by atoms with E-state index in [1.807, 2.05) is 24.3 Å². The van der Waals surface area contributed by atoms with E-state index in [9.17, 15) is 0 Å². The Morgan fingerprint density at radius 3 is 2.00 bits per heavy atom. The maximum atomic E-state index is 7.61. The van der Waals surface area contributed by atoms with Crippen LogP contribution >= 0.6 is 0 Å². The first-order valence-corrected chi connectivity index (χ1v) is 18.6. The first kappa shape index (κ1) is 30.3. The predicted molar refractivity (Wildman–Crippen MR) is 202 cm³/mol. The van der Waals surface area contributed by atoms with Crippen molar-refractivity contribution < 1.29 is 14.2 Å². The minimum atomic E-state index is -0.825. The second-order valence-corrected chi connectivity index (χ2v) is 16.5. The Labute approximate surface area is 296 Å². The third-order valence-electron chi connectivity index (χ3n) is 14.8. The third kappa shape index (κ3) is 3.82. The highest BCUT2D eigenvalue weighted by Gasteiger charge is 2.67. The molecule has 50 heavy (non-hydrogen) atoms. The van der Waals surface area contributed by atoms with Crippen LogP contribution in [0.4, 0.5) is 0 Å². The monoisotopic (exact) mass is 658 g/mol. The summed E-state index contributed by atoms with van der Waals surface area (Å²) in [4.78, 5) is 0. The van der Waals surface area contributed by atoms with Crippen molar-refractivity contribution in [3.05, 3.63) is 131 Å². The Balaban J connectivity index is 1.22. The molecule has 10 rings (SSSR count). The molecule has 0 amide bonds. The average molecular weight is 659 g/mol. The van der Waals surface area contributed by atoms with E-state index in [0.29, 0.717) is 22.7 Å². The van der Waals surface area contributed by atoms with E-state index in [1.54, 1.807) is 19.8 Å². The van der Waals surface area contributed by atoms with Gasteiger partial charge in [-0.15, -0.1) is 0 Å². The van der Waals surface area contributed by atoms with E-state index in [1.165, 1.54) is 58.7 Å². The lowest BCUT2D eigenvalue weighted by Crippen LogP contribution is -2.40. The van der Waals surface area contributed by atoms with Gasteiger partial charge in [0.25, 0.3) is 0 Å². The van der Waals surface area contributed by atoms with Crippen LogP contribution in [0, 0.1) is 28.6 Å². The Hall–Kier alpha value is -4.50. The number of ether oxygens (including phenoxy) is 3. The molecular formula is C47H46O3. The first-order valence-electron chi connectivity index (χ1n) is 18.6. The molecule has 252 valence electrons. The lowest BCUT2D eigenvalue weighted by atomic mass is 9.54. The summed E-state index contributed by atoms with van der Waals surface area (Å²) in [6, 6.07) is 35.1. The molecule has 0 saturated heterocycles. The fraction of sp³-hybridized carbons (Fsp3) is 0.362. The smallest absolute Gasteiger partial charge is 0.178 e. The Morgan fingerprint density at radius 1 is 0.680 bits per heavy atom. The Bertz CT molecular complexity index is 2140. The van der Waals surface area contributed by atoms with E-state index < -0.39 is 5.60 Å². The lowest BCUT2D eigenvalue weighted by molar-refractivity contribution is 0.0563. The highest BCUT2D eigenvalue weighted by atomic mass is 16.5. The number of benzene rings is 5. The van der Waals surface area contributed by atoms with Gasteiger partial charge in [-0.05, 0) is 124 Å². The van der Waals surface area contributed by atoms with Crippen LogP contribution in [-0.2, 0) is 5.60 Å². The van der Waals surface area contributed by atoms with Gasteiger partial charge >= 0.3 is 0 Å². The van der Waals surface area contributed by atoms with Crippen LogP contribution < -0.4 is 14.2 Å². The van der Waals surface area contributed by atoms with Crippen molar-refractivity contribution in [3.63, 3.8) is 0 Å². The van der Waals surface area contributed by atoms with Crippen LogP contribution in [0.3, 0.4) is 0 Å². The van der Waals surface area contributed by atoms with Gasteiger partial charge in [-0.3, -0.25) is 0 Å². The summed E-state index contributed by atoms with van der Waals surface area (Å²) in [6.45, 7) is 7.84. The summed E-state index contributed by atoms with van der Waals surface area (Å²) in [6.07, 6.45) is 10.1. The quantitative estimate of drug-likeness (QED) is 0.192. The van der Waals surface area contributed by atoms with Gasteiger partial charge in [0, 0.05) is 22.1 Å². The summed E-state index contributed by atoms with van der Waals surface area (Å²) in [5, 5.41) is 2.47. The van der Waals surface area contributed by atoms with Gasteiger partial charge in [0.1, 0.15) is 17.2 Å². The molecule has 3 saturated carbocycles. The molecule has 6 unspecified atom stereocenters. The van der Waals surface area contributed by atoms with Crippen molar-refractivity contribution >= 4 is 16.8 Å². The lowest BCUT2D eigenvalue weighted by Gasteiger charge is -2.50. The molecule has 1 aliphatic heterocycles. The predicted octanol–water partition coefficient (Wildman–Crippen LogP) is 11.5. The van der Waals surface area contributed by atoms with Crippen molar-refractivity contribution in [2.45, 2.75) is 63.9 Å². The SMILES string of the molecule is COc1ccc(C2(c3ccc(OC)cc3)C=Cc3c4c(c5ccccc5c3O2)-c2ccccc2C2CC3C5CCC(C)(C3CC42)C5(C)C)cc1. The number of methoxy groups -OCH3 is 2. The van der Waals surface area contributed by atoms with Crippen LogP contribution in [-0.4, -0.2) is 14.2 Å². The van der Waals surface area contributed by atoms with Gasteiger partial charge in [0.15, 0.2) is 5.60 Å². The summed E-state index contributed by atoms with van der Waals surface area (Å²) in [5.74, 6) is 6.02. The largest absolute Gasteiger partial charge is 0.497 e. The Kier molecular flexibility index (Phi) is 6.38. The topological polar surface area (TPSA) is 27.7 Å². The highest BCUT2D eigenvalue weighted by Crippen LogP contribution is 2.76. The summed E-state index contributed by atoms with van der Waals surface area (Å²) < 4.78 is 18.8. The Morgan fingerprint density at radius 2 is 1.32 bits per heavy atom. The van der Waals surface area contributed by atoms with Crippen molar-refractivity contribution in [2.75, 3.05) is 14.2 Å². The standard InChI is InChI=1S/C47H46O3/c1-45(2)40-23-24-46(45,3)41-27-38-37(26-39(40)41)32-10-6-7-11-33(32)42-34-12-8-9-13-35(34)44-36(43(38)42)22-25-47(50-44,28-14-18-30(48-4)19-15-28)29-16-20-31(49-5)21-17-29/h6-22,25,37-41H,23-24,26-27H2,1-5H3. The molecule has 5 aliphatic rings. The van der Waals surface area contributed by atoms with Crippen LogP contribution in [0.5, 0.6) is 17.2 Å². The molecule has 5 aromatic rings. The van der Waals surface area contributed by atoms with E-state index >= 15 is 0 Å². The maximum Gasteiger partial charge on any atom is 0.178 e. The molecule has 5 aromatic carbocycles. The van der Waals surface area contributed by atoms with Crippen LogP contribution in [0.1, 0.15) is 86.1 Å². The first-order chi connectivity index (χ1) is 24.3. The molecule has 0 spiro atoms. The van der Waals surface area contributed by atoms with Gasteiger partial charge in [0.05, 0.1) is 14.2 Å². The number of fused-ring (bicyclic) bond motifs is 16. The van der Waals surface area contributed by atoms with Crippen LogP contribution in [0.25, 0.3) is 28.0 Å². The van der Waals surface area contributed by atoms with Crippen molar-refractivity contribution in [1.82, 2.24) is 0 Å². The minimum Gasteiger partial charge on any atom is -0.497 e. The minimum absolute atomic E-state index is 0.389. The molecule has 2 bridgehead atoms.